The summed E-state index contributed by atoms with van der Waals surface area (Å²) in [5, 5.41) is 0.565. The summed E-state index contributed by atoms with van der Waals surface area (Å²) >= 11 is 5.32. The normalized spacial score (nSPS) is 17.8. The van der Waals surface area contributed by atoms with Gasteiger partial charge in [0.15, 0.2) is 4.77 Å². The van der Waals surface area contributed by atoms with Crippen LogP contribution in [0.1, 0.15) is 25.7 Å². The fourth-order valence-electron chi connectivity index (χ4n) is 4.36. The molecule has 0 spiro atoms. The number of carbonyl (C=O) groups is 2. The van der Waals surface area contributed by atoms with Crippen molar-refractivity contribution in [2.24, 2.45) is 0 Å². The maximum absolute atomic E-state index is 12.7. The monoisotopic (exact) mass is 443 g/mol. The zero-order valence-corrected chi connectivity index (χ0v) is 18.5. The lowest BCUT2D eigenvalue weighted by atomic mass is 10.1. The van der Waals surface area contributed by atoms with Crippen LogP contribution in [0.2, 0.25) is 0 Å². The van der Waals surface area contributed by atoms with Gasteiger partial charge in [-0.1, -0.05) is 12.1 Å². The minimum absolute atomic E-state index is 0.0106. The van der Waals surface area contributed by atoms with Crippen molar-refractivity contribution in [3.8, 4) is 0 Å². The first-order valence-corrected chi connectivity index (χ1v) is 11.4. The summed E-state index contributed by atoms with van der Waals surface area (Å²) in [4.78, 5) is 46.9. The second kappa shape index (κ2) is 9.74. The van der Waals surface area contributed by atoms with Gasteiger partial charge in [-0.05, 0) is 43.6 Å². The number of piperidine rings is 1. The van der Waals surface area contributed by atoms with Crippen molar-refractivity contribution in [1.29, 1.82) is 0 Å². The number of H-pyrrole nitrogens is 1. The fraction of sp³-hybridized carbons (Fsp3) is 0.545. The van der Waals surface area contributed by atoms with Crippen LogP contribution in [0.5, 0.6) is 0 Å². The van der Waals surface area contributed by atoms with Crippen LogP contribution in [0.15, 0.2) is 29.1 Å². The van der Waals surface area contributed by atoms with E-state index in [9.17, 15) is 14.4 Å². The molecule has 31 heavy (non-hydrogen) atoms. The van der Waals surface area contributed by atoms with E-state index in [1.165, 1.54) is 11.0 Å². The van der Waals surface area contributed by atoms with Gasteiger partial charge in [-0.25, -0.2) is 0 Å². The van der Waals surface area contributed by atoms with E-state index in [4.69, 9.17) is 12.2 Å². The average molecular weight is 444 g/mol. The summed E-state index contributed by atoms with van der Waals surface area (Å²) in [5.41, 5.74) is 0.531. The molecule has 0 atom stereocenters. The smallest absolute Gasteiger partial charge is 0.262 e. The zero-order chi connectivity index (χ0) is 21.8. The van der Waals surface area contributed by atoms with Crippen LogP contribution in [0.25, 0.3) is 10.9 Å². The van der Waals surface area contributed by atoms with Crippen LogP contribution in [0.4, 0.5) is 0 Å². The van der Waals surface area contributed by atoms with Gasteiger partial charge in [0.05, 0.1) is 17.4 Å². The Bertz CT molecular complexity index is 1060. The van der Waals surface area contributed by atoms with E-state index in [0.717, 1.165) is 25.9 Å². The number of rotatable bonds is 5. The minimum Gasteiger partial charge on any atom is -0.342 e. The zero-order valence-electron chi connectivity index (χ0n) is 17.7. The highest BCUT2D eigenvalue weighted by Gasteiger charge is 2.24. The van der Waals surface area contributed by atoms with E-state index < -0.39 is 0 Å². The SMILES string of the molecule is O=C(CCn1c(=S)[nH]c2ccccc2c1=O)N1CCN(CC(=O)N2CCCCC2)CC1. The summed E-state index contributed by atoms with van der Waals surface area (Å²) in [6.45, 7) is 5.02. The van der Waals surface area contributed by atoms with E-state index in [1.54, 1.807) is 6.07 Å². The molecule has 1 aromatic carbocycles. The third kappa shape index (κ3) is 5.04. The first kappa shape index (κ1) is 21.7. The molecule has 0 bridgehead atoms. The van der Waals surface area contributed by atoms with Crippen molar-refractivity contribution in [2.75, 3.05) is 45.8 Å². The summed E-state index contributed by atoms with van der Waals surface area (Å²) in [5.74, 6) is 0.209. The van der Waals surface area contributed by atoms with Gasteiger partial charge in [-0.15, -0.1) is 0 Å². The number of benzene rings is 1. The van der Waals surface area contributed by atoms with Crippen molar-refractivity contribution in [1.82, 2.24) is 24.3 Å². The topological polar surface area (TPSA) is 81.6 Å². The number of hydrogen-bond donors (Lipinski definition) is 1. The van der Waals surface area contributed by atoms with Crippen LogP contribution in [0.3, 0.4) is 0 Å². The third-order valence-electron chi connectivity index (χ3n) is 6.23. The lowest BCUT2D eigenvalue weighted by Crippen LogP contribution is -2.52. The molecule has 2 saturated heterocycles. The first-order valence-electron chi connectivity index (χ1n) is 11.0. The molecule has 2 aliphatic rings. The third-order valence-corrected chi connectivity index (χ3v) is 6.55. The van der Waals surface area contributed by atoms with E-state index in [0.29, 0.717) is 48.4 Å². The maximum Gasteiger partial charge on any atom is 0.262 e. The Morgan fingerprint density at radius 3 is 2.32 bits per heavy atom. The molecule has 8 nitrogen and oxygen atoms in total. The number of fused-ring (bicyclic) bond motifs is 1. The van der Waals surface area contributed by atoms with E-state index >= 15 is 0 Å². The second-order valence-electron chi connectivity index (χ2n) is 8.28. The maximum atomic E-state index is 12.7. The lowest BCUT2D eigenvalue weighted by molar-refractivity contribution is -0.135. The van der Waals surface area contributed by atoms with Gasteiger partial charge in [0.25, 0.3) is 5.56 Å². The molecule has 2 aliphatic heterocycles. The van der Waals surface area contributed by atoms with Gasteiger partial charge in [-0.2, -0.15) is 0 Å². The number of aromatic amines is 1. The number of nitrogens with zero attached hydrogens (tertiary/aromatic N) is 4. The van der Waals surface area contributed by atoms with Crippen LogP contribution >= 0.6 is 12.2 Å². The number of nitrogens with one attached hydrogen (secondary N) is 1. The quantitative estimate of drug-likeness (QED) is 0.710. The fourth-order valence-corrected chi connectivity index (χ4v) is 4.64. The Labute approximate surface area is 186 Å². The van der Waals surface area contributed by atoms with E-state index in [2.05, 4.69) is 9.88 Å². The predicted octanol–water partition coefficient (Wildman–Crippen LogP) is 1.61. The minimum atomic E-state index is -0.173. The number of hydrogen-bond acceptors (Lipinski definition) is 5. The molecule has 4 rings (SSSR count). The summed E-state index contributed by atoms with van der Waals surface area (Å²) < 4.78 is 1.79. The standard InChI is InChI=1S/C22H29N5O3S/c28-19(8-11-27-21(30)17-6-2-3-7-18(17)23-22(27)31)26-14-12-24(13-15-26)16-20(29)25-9-4-1-5-10-25/h2-3,6-7H,1,4-5,8-16H2,(H,23,31). The van der Waals surface area contributed by atoms with Gasteiger partial charge < -0.3 is 14.8 Å². The van der Waals surface area contributed by atoms with Crippen molar-refractivity contribution in [3.05, 3.63) is 39.4 Å². The van der Waals surface area contributed by atoms with Gasteiger partial charge in [0.2, 0.25) is 11.8 Å². The van der Waals surface area contributed by atoms with Crippen LogP contribution < -0.4 is 5.56 Å². The van der Waals surface area contributed by atoms with E-state index in [-0.39, 0.29) is 30.3 Å². The summed E-state index contributed by atoms with van der Waals surface area (Å²) in [7, 11) is 0. The molecule has 0 saturated carbocycles. The number of piperazine rings is 1. The Balaban J connectivity index is 1.29. The lowest BCUT2D eigenvalue weighted by Gasteiger charge is -2.36. The first-order chi connectivity index (χ1) is 15.0. The average Bonchev–Trinajstić information content (AvgIpc) is 2.80. The van der Waals surface area contributed by atoms with Crippen molar-refractivity contribution < 1.29 is 9.59 Å². The molecular formula is C22H29N5O3S. The van der Waals surface area contributed by atoms with Crippen LogP contribution in [-0.2, 0) is 16.1 Å². The molecule has 9 heteroatoms. The van der Waals surface area contributed by atoms with E-state index in [1.807, 2.05) is 28.0 Å². The molecule has 166 valence electrons. The predicted molar refractivity (Wildman–Crippen MR) is 121 cm³/mol. The van der Waals surface area contributed by atoms with Gasteiger partial charge in [0.1, 0.15) is 0 Å². The Hall–Kier alpha value is -2.52. The number of aromatic nitrogens is 2. The molecule has 1 N–H and O–H groups in total. The molecule has 2 aromatic rings. The molecule has 0 radical (unpaired) electrons. The van der Waals surface area contributed by atoms with Crippen LogP contribution in [-0.4, -0.2) is 81.9 Å². The Kier molecular flexibility index (Phi) is 6.82. The number of para-hydroxylation sites is 1. The van der Waals surface area contributed by atoms with Crippen molar-refractivity contribution in [2.45, 2.75) is 32.2 Å². The van der Waals surface area contributed by atoms with Crippen LogP contribution in [0, 0.1) is 4.77 Å². The van der Waals surface area contributed by atoms with Gasteiger partial charge >= 0.3 is 0 Å². The molecule has 1 aromatic heterocycles. The van der Waals surface area contributed by atoms with Crippen molar-refractivity contribution >= 4 is 34.9 Å². The largest absolute Gasteiger partial charge is 0.342 e. The molecule has 2 fully saturated rings. The molecule has 2 amide bonds. The van der Waals surface area contributed by atoms with Crippen molar-refractivity contribution in [3.63, 3.8) is 0 Å². The number of carbonyl (C=O) groups excluding carboxylic acids is 2. The highest BCUT2D eigenvalue weighted by Crippen LogP contribution is 2.11. The van der Waals surface area contributed by atoms with Gasteiger partial charge in [-0.3, -0.25) is 23.9 Å². The molecular weight excluding hydrogens is 414 g/mol. The molecule has 3 heterocycles. The van der Waals surface area contributed by atoms with Gasteiger partial charge in [0, 0.05) is 52.2 Å². The highest BCUT2D eigenvalue weighted by atomic mass is 32.1. The molecule has 0 unspecified atom stereocenters. The summed E-state index contributed by atoms with van der Waals surface area (Å²) in [6, 6.07) is 7.23. The summed E-state index contributed by atoms with van der Waals surface area (Å²) in [6.07, 6.45) is 3.62. The number of likely N-dealkylation sites (tertiary alicyclic amines) is 1. The second-order valence-corrected chi connectivity index (χ2v) is 8.67. The molecule has 0 aliphatic carbocycles. The Morgan fingerprint density at radius 1 is 0.903 bits per heavy atom. The highest BCUT2D eigenvalue weighted by molar-refractivity contribution is 7.71. The Morgan fingerprint density at radius 2 is 1.58 bits per heavy atom. The number of amides is 2.